The third-order valence-corrected chi connectivity index (χ3v) is 1.48. The quantitative estimate of drug-likeness (QED) is 0.553. The SMILES string of the molecule is CNCC(CNC)C(C)=O. The highest BCUT2D eigenvalue weighted by Crippen LogP contribution is 1.92. The summed E-state index contributed by atoms with van der Waals surface area (Å²) in [4.78, 5) is 10.8. The summed E-state index contributed by atoms with van der Waals surface area (Å²) >= 11 is 0. The molecule has 0 aliphatic carbocycles. The van der Waals surface area contributed by atoms with Crippen LogP contribution in [0, 0.1) is 5.92 Å². The molecule has 0 saturated carbocycles. The average molecular weight is 144 g/mol. The smallest absolute Gasteiger partial charge is 0.135 e. The zero-order valence-corrected chi connectivity index (χ0v) is 6.90. The van der Waals surface area contributed by atoms with E-state index in [-0.39, 0.29) is 11.7 Å². The zero-order valence-electron chi connectivity index (χ0n) is 6.90. The van der Waals surface area contributed by atoms with E-state index in [0.29, 0.717) is 0 Å². The van der Waals surface area contributed by atoms with Crippen molar-refractivity contribution < 1.29 is 4.79 Å². The van der Waals surface area contributed by atoms with E-state index in [9.17, 15) is 4.79 Å². The Morgan fingerprint density at radius 2 is 1.70 bits per heavy atom. The number of nitrogens with one attached hydrogen (secondary N) is 2. The van der Waals surface area contributed by atoms with Crippen molar-refractivity contribution in [3.8, 4) is 0 Å². The molecule has 0 heterocycles. The van der Waals surface area contributed by atoms with Crippen molar-refractivity contribution in [2.45, 2.75) is 6.92 Å². The monoisotopic (exact) mass is 144 g/mol. The number of hydrogen-bond donors (Lipinski definition) is 2. The van der Waals surface area contributed by atoms with Gasteiger partial charge in [0, 0.05) is 19.0 Å². The molecule has 0 amide bonds. The van der Waals surface area contributed by atoms with Crippen LogP contribution in [0.25, 0.3) is 0 Å². The van der Waals surface area contributed by atoms with E-state index in [1.807, 2.05) is 14.1 Å². The van der Waals surface area contributed by atoms with Crippen LogP contribution in [-0.2, 0) is 4.79 Å². The molecule has 2 N–H and O–H groups in total. The van der Waals surface area contributed by atoms with Crippen molar-refractivity contribution in [2.24, 2.45) is 5.92 Å². The van der Waals surface area contributed by atoms with Gasteiger partial charge in [-0.05, 0) is 21.0 Å². The van der Waals surface area contributed by atoms with Gasteiger partial charge < -0.3 is 10.6 Å². The molecule has 0 radical (unpaired) electrons. The van der Waals surface area contributed by atoms with Gasteiger partial charge in [0.15, 0.2) is 0 Å². The fourth-order valence-electron chi connectivity index (χ4n) is 0.852. The minimum atomic E-state index is 0.120. The second-order valence-corrected chi connectivity index (χ2v) is 2.42. The van der Waals surface area contributed by atoms with E-state index in [0.717, 1.165) is 13.1 Å². The summed E-state index contributed by atoms with van der Waals surface area (Å²) in [6.07, 6.45) is 0. The molecule has 0 atom stereocenters. The van der Waals surface area contributed by atoms with Crippen molar-refractivity contribution >= 4 is 5.78 Å². The maximum absolute atomic E-state index is 10.8. The molecule has 0 aliphatic heterocycles. The molecule has 0 bridgehead atoms. The van der Waals surface area contributed by atoms with Crippen LogP contribution in [-0.4, -0.2) is 33.0 Å². The normalized spacial score (nSPS) is 10.4. The molecule has 10 heavy (non-hydrogen) atoms. The lowest BCUT2D eigenvalue weighted by atomic mass is 10.1. The maximum atomic E-state index is 10.8. The van der Waals surface area contributed by atoms with E-state index in [1.54, 1.807) is 6.92 Å². The molecular formula is C7H16N2O. The molecule has 0 aromatic rings. The molecule has 0 aromatic carbocycles. The Kier molecular flexibility index (Phi) is 5.16. The van der Waals surface area contributed by atoms with Crippen LogP contribution in [0.1, 0.15) is 6.92 Å². The van der Waals surface area contributed by atoms with Crippen LogP contribution < -0.4 is 10.6 Å². The number of Topliss-reactive ketones (excluding diaryl/α,β-unsaturated/α-hetero) is 1. The van der Waals surface area contributed by atoms with Gasteiger partial charge in [-0.1, -0.05) is 0 Å². The first-order chi connectivity index (χ1) is 4.72. The van der Waals surface area contributed by atoms with Gasteiger partial charge in [0.05, 0.1) is 0 Å². The lowest BCUT2D eigenvalue weighted by molar-refractivity contribution is -0.120. The van der Waals surface area contributed by atoms with Crippen molar-refractivity contribution in [2.75, 3.05) is 27.2 Å². The van der Waals surface area contributed by atoms with E-state index >= 15 is 0 Å². The third-order valence-electron chi connectivity index (χ3n) is 1.48. The van der Waals surface area contributed by atoms with E-state index in [1.165, 1.54) is 0 Å². The minimum absolute atomic E-state index is 0.120. The lowest BCUT2D eigenvalue weighted by Gasteiger charge is -2.11. The van der Waals surface area contributed by atoms with E-state index in [4.69, 9.17) is 0 Å². The van der Waals surface area contributed by atoms with Gasteiger partial charge in [-0.3, -0.25) is 4.79 Å². The highest BCUT2D eigenvalue weighted by molar-refractivity contribution is 5.78. The topological polar surface area (TPSA) is 41.1 Å². The van der Waals surface area contributed by atoms with Crippen LogP contribution in [0.4, 0.5) is 0 Å². The Hall–Kier alpha value is -0.410. The molecule has 0 spiro atoms. The largest absolute Gasteiger partial charge is 0.319 e. The van der Waals surface area contributed by atoms with Gasteiger partial charge in [-0.2, -0.15) is 0 Å². The van der Waals surface area contributed by atoms with Crippen LogP contribution in [0.2, 0.25) is 0 Å². The Balaban J connectivity index is 3.61. The fraction of sp³-hybridized carbons (Fsp3) is 0.857. The van der Waals surface area contributed by atoms with Gasteiger partial charge in [-0.15, -0.1) is 0 Å². The molecule has 3 nitrogen and oxygen atoms in total. The maximum Gasteiger partial charge on any atom is 0.135 e. The van der Waals surface area contributed by atoms with Gasteiger partial charge in [0.2, 0.25) is 0 Å². The molecule has 3 heteroatoms. The Labute approximate surface area is 62.2 Å². The minimum Gasteiger partial charge on any atom is -0.319 e. The molecule has 60 valence electrons. The van der Waals surface area contributed by atoms with Crippen LogP contribution >= 0.6 is 0 Å². The molecule has 0 unspecified atom stereocenters. The van der Waals surface area contributed by atoms with E-state index < -0.39 is 0 Å². The van der Waals surface area contributed by atoms with Crippen molar-refractivity contribution in [3.05, 3.63) is 0 Å². The third kappa shape index (κ3) is 3.58. The number of rotatable bonds is 5. The molecule has 0 fully saturated rings. The van der Waals surface area contributed by atoms with Crippen molar-refractivity contribution in [3.63, 3.8) is 0 Å². The second kappa shape index (κ2) is 5.38. The Bertz CT molecular complexity index is 97.8. The molecule has 0 aliphatic rings. The predicted octanol–water partition coefficient (Wildman–Crippen LogP) is -0.370. The lowest BCUT2D eigenvalue weighted by Crippen LogP contribution is -2.32. The Morgan fingerprint density at radius 3 is 1.90 bits per heavy atom. The number of carbonyl (C=O) groups is 1. The van der Waals surface area contributed by atoms with Crippen molar-refractivity contribution in [1.29, 1.82) is 0 Å². The molecule has 0 aromatic heterocycles. The summed E-state index contributed by atoms with van der Waals surface area (Å²) in [7, 11) is 3.71. The van der Waals surface area contributed by atoms with Crippen LogP contribution in [0.3, 0.4) is 0 Å². The number of hydrogen-bond acceptors (Lipinski definition) is 3. The number of ketones is 1. The summed E-state index contributed by atoms with van der Waals surface area (Å²) in [5, 5.41) is 5.95. The average Bonchev–Trinajstić information content (AvgIpc) is 1.87. The summed E-state index contributed by atoms with van der Waals surface area (Å²) < 4.78 is 0. The van der Waals surface area contributed by atoms with E-state index in [2.05, 4.69) is 10.6 Å². The van der Waals surface area contributed by atoms with Gasteiger partial charge in [-0.25, -0.2) is 0 Å². The number of carbonyl (C=O) groups excluding carboxylic acids is 1. The zero-order chi connectivity index (χ0) is 7.98. The summed E-state index contributed by atoms with van der Waals surface area (Å²) in [5.41, 5.74) is 0. The van der Waals surface area contributed by atoms with Gasteiger partial charge in [0.25, 0.3) is 0 Å². The second-order valence-electron chi connectivity index (χ2n) is 2.42. The first-order valence-electron chi connectivity index (χ1n) is 3.52. The molecular weight excluding hydrogens is 128 g/mol. The van der Waals surface area contributed by atoms with Crippen LogP contribution in [0.5, 0.6) is 0 Å². The first kappa shape index (κ1) is 9.59. The predicted molar refractivity (Wildman–Crippen MR) is 42.0 cm³/mol. The highest BCUT2D eigenvalue weighted by atomic mass is 16.1. The van der Waals surface area contributed by atoms with Gasteiger partial charge >= 0.3 is 0 Å². The first-order valence-corrected chi connectivity index (χ1v) is 3.52. The fourth-order valence-corrected chi connectivity index (χ4v) is 0.852. The Morgan fingerprint density at radius 1 is 1.30 bits per heavy atom. The standard InChI is InChI=1S/C7H16N2O/c1-6(10)7(4-8-2)5-9-3/h7-9H,4-5H2,1-3H3. The summed E-state index contributed by atoms with van der Waals surface area (Å²) in [6, 6.07) is 0. The van der Waals surface area contributed by atoms with Crippen molar-refractivity contribution in [1.82, 2.24) is 10.6 Å². The molecule has 0 rings (SSSR count). The summed E-state index contributed by atoms with van der Waals surface area (Å²) in [6.45, 7) is 3.14. The molecule has 0 saturated heterocycles. The highest BCUT2D eigenvalue weighted by Gasteiger charge is 2.10. The summed E-state index contributed by atoms with van der Waals surface area (Å²) in [5.74, 6) is 0.360. The van der Waals surface area contributed by atoms with Crippen LogP contribution in [0.15, 0.2) is 0 Å². The van der Waals surface area contributed by atoms with Gasteiger partial charge in [0.1, 0.15) is 5.78 Å².